The third kappa shape index (κ3) is 2.08. The molecule has 0 saturated carbocycles. The average molecular weight is 231 g/mol. The molecular formula is C13H14FN3. The van der Waals surface area contributed by atoms with E-state index in [0.717, 1.165) is 25.1 Å². The summed E-state index contributed by atoms with van der Waals surface area (Å²) in [5.74, 6) is -0.196. The molecule has 17 heavy (non-hydrogen) atoms. The van der Waals surface area contributed by atoms with Crippen LogP contribution in [0.4, 0.5) is 4.39 Å². The van der Waals surface area contributed by atoms with Crippen LogP contribution in [0.5, 0.6) is 0 Å². The molecule has 0 radical (unpaired) electrons. The molecule has 0 atom stereocenters. The predicted molar refractivity (Wildman–Crippen MR) is 63.1 cm³/mol. The molecule has 88 valence electrons. The Balaban J connectivity index is 1.85. The normalized spacial score (nSPS) is 14.6. The summed E-state index contributed by atoms with van der Waals surface area (Å²) in [7, 11) is 0. The second-order valence-electron chi connectivity index (χ2n) is 4.33. The lowest BCUT2D eigenvalue weighted by Crippen LogP contribution is -2.25. The molecule has 0 unspecified atom stereocenters. The topological polar surface area (TPSA) is 29.9 Å². The van der Waals surface area contributed by atoms with Gasteiger partial charge in [-0.3, -0.25) is 4.68 Å². The van der Waals surface area contributed by atoms with E-state index in [9.17, 15) is 4.39 Å². The van der Waals surface area contributed by atoms with E-state index in [2.05, 4.69) is 10.4 Å². The van der Waals surface area contributed by atoms with Crippen LogP contribution in [-0.4, -0.2) is 16.3 Å². The summed E-state index contributed by atoms with van der Waals surface area (Å²) in [5, 5.41) is 7.74. The largest absolute Gasteiger partial charge is 0.311 e. The summed E-state index contributed by atoms with van der Waals surface area (Å²) >= 11 is 0. The van der Waals surface area contributed by atoms with Crippen molar-refractivity contribution < 1.29 is 4.39 Å². The number of hydrogen-bond acceptors (Lipinski definition) is 2. The van der Waals surface area contributed by atoms with Gasteiger partial charge in [0, 0.05) is 6.54 Å². The molecular weight excluding hydrogens is 217 g/mol. The van der Waals surface area contributed by atoms with Crippen molar-refractivity contribution in [2.24, 2.45) is 0 Å². The van der Waals surface area contributed by atoms with Crippen LogP contribution in [0.1, 0.15) is 16.8 Å². The maximum Gasteiger partial charge on any atom is 0.123 e. The average Bonchev–Trinajstić information content (AvgIpc) is 2.76. The molecule has 2 aromatic rings. The Labute approximate surface area is 99.3 Å². The lowest BCUT2D eigenvalue weighted by Gasteiger charge is -2.15. The third-order valence-electron chi connectivity index (χ3n) is 3.14. The first kappa shape index (κ1) is 10.5. The number of aromatic nitrogens is 2. The summed E-state index contributed by atoms with van der Waals surface area (Å²) in [6.07, 6.45) is 2.98. The molecule has 1 aromatic heterocycles. The van der Waals surface area contributed by atoms with Gasteiger partial charge >= 0.3 is 0 Å². The Hall–Kier alpha value is -1.68. The zero-order valence-corrected chi connectivity index (χ0v) is 9.49. The quantitative estimate of drug-likeness (QED) is 0.852. The standard InChI is InChI=1S/C13H14FN3/c14-12-3-1-10(2-4-12)9-17-13-8-15-6-5-11(13)7-16-17/h1-4,7,15H,5-6,8-9H2. The van der Waals surface area contributed by atoms with Crippen molar-refractivity contribution in [2.75, 3.05) is 6.54 Å². The predicted octanol–water partition coefficient (Wildman–Crippen LogP) is 1.72. The molecule has 4 heteroatoms. The van der Waals surface area contributed by atoms with Gasteiger partial charge in [-0.1, -0.05) is 12.1 Å². The van der Waals surface area contributed by atoms with Crippen LogP contribution < -0.4 is 5.32 Å². The SMILES string of the molecule is Fc1ccc(Cn2ncc3c2CNCC3)cc1. The van der Waals surface area contributed by atoms with E-state index in [1.807, 2.05) is 10.9 Å². The van der Waals surface area contributed by atoms with E-state index >= 15 is 0 Å². The van der Waals surface area contributed by atoms with Crippen LogP contribution >= 0.6 is 0 Å². The Kier molecular flexibility index (Phi) is 2.65. The Morgan fingerprint density at radius 3 is 2.94 bits per heavy atom. The van der Waals surface area contributed by atoms with E-state index in [4.69, 9.17) is 0 Å². The zero-order chi connectivity index (χ0) is 11.7. The number of rotatable bonds is 2. The zero-order valence-electron chi connectivity index (χ0n) is 9.49. The minimum Gasteiger partial charge on any atom is -0.311 e. The van der Waals surface area contributed by atoms with Gasteiger partial charge in [0.25, 0.3) is 0 Å². The molecule has 1 aromatic carbocycles. The maximum absolute atomic E-state index is 12.8. The summed E-state index contributed by atoms with van der Waals surface area (Å²) in [5.41, 5.74) is 3.65. The van der Waals surface area contributed by atoms with Crippen LogP contribution in [0.25, 0.3) is 0 Å². The van der Waals surface area contributed by atoms with Crippen LogP contribution in [0.3, 0.4) is 0 Å². The second-order valence-corrected chi connectivity index (χ2v) is 4.33. The molecule has 0 spiro atoms. The van der Waals surface area contributed by atoms with Crippen LogP contribution in [0, 0.1) is 5.82 Å². The van der Waals surface area contributed by atoms with Gasteiger partial charge in [0.2, 0.25) is 0 Å². The van der Waals surface area contributed by atoms with Gasteiger partial charge in [0.1, 0.15) is 5.82 Å². The molecule has 2 heterocycles. The first-order chi connectivity index (χ1) is 8.33. The van der Waals surface area contributed by atoms with Gasteiger partial charge in [-0.2, -0.15) is 5.10 Å². The number of nitrogens with one attached hydrogen (secondary N) is 1. The van der Waals surface area contributed by atoms with Gasteiger partial charge in [-0.25, -0.2) is 4.39 Å². The number of fused-ring (bicyclic) bond motifs is 1. The van der Waals surface area contributed by atoms with Crippen LogP contribution in [0.2, 0.25) is 0 Å². The van der Waals surface area contributed by atoms with E-state index in [1.54, 1.807) is 12.1 Å². The van der Waals surface area contributed by atoms with Crippen molar-refractivity contribution in [2.45, 2.75) is 19.5 Å². The Morgan fingerprint density at radius 1 is 1.29 bits per heavy atom. The van der Waals surface area contributed by atoms with Crippen molar-refractivity contribution in [3.8, 4) is 0 Å². The van der Waals surface area contributed by atoms with E-state index < -0.39 is 0 Å². The van der Waals surface area contributed by atoms with Crippen molar-refractivity contribution in [1.29, 1.82) is 0 Å². The number of nitrogens with zero attached hydrogens (tertiary/aromatic N) is 2. The van der Waals surface area contributed by atoms with Gasteiger partial charge in [0.15, 0.2) is 0 Å². The minimum absolute atomic E-state index is 0.196. The van der Waals surface area contributed by atoms with Crippen LogP contribution in [-0.2, 0) is 19.5 Å². The van der Waals surface area contributed by atoms with Gasteiger partial charge in [-0.05, 0) is 36.2 Å². The molecule has 1 N–H and O–H groups in total. The summed E-state index contributed by atoms with van der Waals surface area (Å²) in [6.45, 7) is 2.60. The smallest absolute Gasteiger partial charge is 0.123 e. The third-order valence-corrected chi connectivity index (χ3v) is 3.14. The maximum atomic E-state index is 12.8. The van der Waals surface area contributed by atoms with Crippen molar-refractivity contribution in [3.05, 3.63) is 53.1 Å². The highest BCUT2D eigenvalue weighted by Crippen LogP contribution is 2.14. The highest BCUT2D eigenvalue weighted by Gasteiger charge is 2.14. The van der Waals surface area contributed by atoms with Crippen molar-refractivity contribution in [3.63, 3.8) is 0 Å². The summed E-state index contributed by atoms with van der Waals surface area (Å²) < 4.78 is 14.8. The lowest BCUT2D eigenvalue weighted by atomic mass is 10.1. The summed E-state index contributed by atoms with van der Waals surface area (Å²) in [6, 6.07) is 6.59. The van der Waals surface area contributed by atoms with Gasteiger partial charge in [-0.15, -0.1) is 0 Å². The summed E-state index contributed by atoms with van der Waals surface area (Å²) in [4.78, 5) is 0. The van der Waals surface area contributed by atoms with E-state index in [1.165, 1.54) is 23.4 Å². The molecule has 3 rings (SSSR count). The van der Waals surface area contributed by atoms with Crippen LogP contribution in [0.15, 0.2) is 30.5 Å². The molecule has 0 aliphatic carbocycles. The molecule has 0 saturated heterocycles. The highest BCUT2D eigenvalue weighted by atomic mass is 19.1. The van der Waals surface area contributed by atoms with Gasteiger partial charge < -0.3 is 5.32 Å². The molecule has 0 bridgehead atoms. The first-order valence-electron chi connectivity index (χ1n) is 5.81. The minimum atomic E-state index is -0.196. The fourth-order valence-electron chi connectivity index (χ4n) is 2.19. The lowest BCUT2D eigenvalue weighted by molar-refractivity contribution is 0.569. The number of halogens is 1. The second kappa shape index (κ2) is 4.30. The fraction of sp³-hybridized carbons (Fsp3) is 0.308. The highest BCUT2D eigenvalue weighted by molar-refractivity contribution is 5.23. The number of hydrogen-bond donors (Lipinski definition) is 1. The Morgan fingerprint density at radius 2 is 2.12 bits per heavy atom. The Bertz CT molecular complexity index is 516. The van der Waals surface area contributed by atoms with Crippen molar-refractivity contribution in [1.82, 2.24) is 15.1 Å². The van der Waals surface area contributed by atoms with Gasteiger partial charge in [0.05, 0.1) is 18.4 Å². The monoisotopic (exact) mass is 231 g/mol. The molecule has 0 fully saturated rings. The molecule has 1 aliphatic rings. The first-order valence-corrected chi connectivity index (χ1v) is 5.81. The molecule has 0 amide bonds. The van der Waals surface area contributed by atoms with E-state index in [-0.39, 0.29) is 5.82 Å². The van der Waals surface area contributed by atoms with Crippen molar-refractivity contribution >= 4 is 0 Å². The molecule has 3 nitrogen and oxygen atoms in total. The fourth-order valence-corrected chi connectivity index (χ4v) is 2.19. The molecule has 1 aliphatic heterocycles. The van der Waals surface area contributed by atoms with E-state index in [0.29, 0.717) is 6.54 Å². The number of benzene rings is 1.